The largest absolute Gasteiger partial charge is 0.370 e. The van der Waals surface area contributed by atoms with E-state index in [-0.39, 0.29) is 17.9 Å². The highest BCUT2D eigenvalue weighted by Gasteiger charge is 2.35. The minimum atomic E-state index is -3.39. The Hall–Kier alpha value is -1.69. The van der Waals surface area contributed by atoms with Crippen molar-refractivity contribution in [2.24, 2.45) is 0 Å². The lowest BCUT2D eigenvalue weighted by Crippen LogP contribution is -2.48. The van der Waals surface area contributed by atoms with Crippen molar-refractivity contribution in [2.75, 3.05) is 13.2 Å². The number of ether oxygens (including phenoxy) is 1. The van der Waals surface area contributed by atoms with Crippen LogP contribution in [0.1, 0.15) is 29.7 Å². The monoisotopic (exact) mass is 345 g/mol. The van der Waals surface area contributed by atoms with Crippen molar-refractivity contribution >= 4 is 10.0 Å². The number of nitrogens with zero attached hydrogens (tertiary/aromatic N) is 1. The number of hydrogen-bond acceptors (Lipinski definition) is 3. The van der Waals surface area contributed by atoms with Gasteiger partial charge in [-0.1, -0.05) is 60.2 Å². The first-order valence-corrected chi connectivity index (χ1v) is 9.78. The molecule has 0 saturated carbocycles. The van der Waals surface area contributed by atoms with Gasteiger partial charge in [-0.15, -0.1) is 0 Å². The quantitative estimate of drug-likeness (QED) is 0.854. The molecule has 0 spiro atoms. The lowest BCUT2D eigenvalue weighted by molar-refractivity contribution is -0.0289. The Balaban J connectivity index is 1.78. The zero-order chi connectivity index (χ0) is 17.2. The number of benzene rings is 2. The van der Waals surface area contributed by atoms with Crippen molar-refractivity contribution < 1.29 is 13.2 Å². The van der Waals surface area contributed by atoms with Crippen LogP contribution < -0.4 is 0 Å². The molecule has 2 unspecified atom stereocenters. The summed E-state index contributed by atoms with van der Waals surface area (Å²) in [5.74, 6) is 0.0269. The Labute approximate surface area is 144 Å². The van der Waals surface area contributed by atoms with Gasteiger partial charge in [-0.2, -0.15) is 4.31 Å². The second-order valence-electron chi connectivity index (χ2n) is 6.39. The fraction of sp³-hybridized carbons (Fsp3) is 0.368. The normalized spacial score (nSPS) is 22.4. The molecular weight excluding hydrogens is 322 g/mol. The second kappa shape index (κ2) is 7.05. The third-order valence-corrected chi connectivity index (χ3v) is 6.30. The van der Waals surface area contributed by atoms with Crippen LogP contribution in [0.25, 0.3) is 0 Å². The smallest absolute Gasteiger partial charge is 0.218 e. The average Bonchev–Trinajstić information content (AvgIpc) is 2.58. The lowest BCUT2D eigenvalue weighted by atomic mass is 10.1. The fourth-order valence-corrected chi connectivity index (χ4v) is 4.72. The van der Waals surface area contributed by atoms with Gasteiger partial charge in [-0.05, 0) is 25.0 Å². The van der Waals surface area contributed by atoms with Crippen LogP contribution in [0.5, 0.6) is 0 Å². The molecule has 0 aliphatic carbocycles. The minimum Gasteiger partial charge on any atom is -0.370 e. The Morgan fingerprint density at radius 1 is 1.08 bits per heavy atom. The number of sulfonamides is 1. The molecule has 1 fully saturated rings. The molecule has 4 nitrogen and oxygen atoms in total. The predicted octanol–water partition coefficient (Wildman–Crippen LogP) is 3.29. The average molecular weight is 345 g/mol. The molecule has 0 radical (unpaired) electrons. The van der Waals surface area contributed by atoms with Crippen LogP contribution in [0.2, 0.25) is 0 Å². The number of rotatable bonds is 4. The van der Waals surface area contributed by atoms with E-state index in [0.29, 0.717) is 13.2 Å². The Morgan fingerprint density at radius 2 is 1.75 bits per heavy atom. The third-order valence-electron chi connectivity index (χ3n) is 4.37. The molecule has 24 heavy (non-hydrogen) atoms. The predicted molar refractivity (Wildman–Crippen MR) is 95.1 cm³/mol. The molecule has 2 atom stereocenters. The zero-order valence-electron chi connectivity index (χ0n) is 14.1. The minimum absolute atomic E-state index is 0.0269. The summed E-state index contributed by atoms with van der Waals surface area (Å²) in [6.45, 7) is 4.66. The molecule has 0 N–H and O–H groups in total. The first-order valence-electron chi connectivity index (χ1n) is 8.17. The van der Waals surface area contributed by atoms with Crippen molar-refractivity contribution in [1.29, 1.82) is 0 Å². The maximum Gasteiger partial charge on any atom is 0.218 e. The summed E-state index contributed by atoms with van der Waals surface area (Å²) < 4.78 is 33.2. The van der Waals surface area contributed by atoms with Crippen molar-refractivity contribution in [3.63, 3.8) is 0 Å². The van der Waals surface area contributed by atoms with E-state index < -0.39 is 10.0 Å². The Kier molecular flexibility index (Phi) is 5.04. The number of aryl methyl sites for hydroxylation is 1. The molecular formula is C19H23NO3S. The molecule has 2 aromatic carbocycles. The molecule has 5 heteroatoms. The van der Waals surface area contributed by atoms with E-state index in [1.165, 1.54) is 0 Å². The van der Waals surface area contributed by atoms with Crippen LogP contribution in [-0.4, -0.2) is 31.9 Å². The summed E-state index contributed by atoms with van der Waals surface area (Å²) >= 11 is 0. The van der Waals surface area contributed by atoms with E-state index in [4.69, 9.17) is 4.74 Å². The molecule has 0 amide bonds. The van der Waals surface area contributed by atoms with Gasteiger partial charge >= 0.3 is 0 Å². The third kappa shape index (κ3) is 3.86. The highest BCUT2D eigenvalue weighted by Crippen LogP contribution is 2.27. The van der Waals surface area contributed by atoms with Crippen LogP contribution in [0.15, 0.2) is 54.6 Å². The van der Waals surface area contributed by atoms with Gasteiger partial charge in [-0.3, -0.25) is 0 Å². The summed E-state index contributed by atoms with van der Waals surface area (Å²) in [7, 11) is -3.39. The standard InChI is InChI=1S/C19H23NO3S/c1-15-8-10-17(11-9-15)14-24(21,22)20-12-19(23-13-16(20)2)18-6-4-3-5-7-18/h3-11,16,19H,12-14H2,1-2H3. The maximum absolute atomic E-state index is 12.9. The van der Waals surface area contributed by atoms with Crippen molar-refractivity contribution in [1.82, 2.24) is 4.31 Å². The SMILES string of the molecule is Cc1ccc(CS(=O)(=O)N2CC(c3ccccc3)OCC2C)cc1. The van der Waals surface area contributed by atoms with Crippen LogP contribution in [0, 0.1) is 6.92 Å². The van der Waals surface area contributed by atoms with Gasteiger partial charge in [0.1, 0.15) is 0 Å². The van der Waals surface area contributed by atoms with Crippen molar-refractivity contribution in [2.45, 2.75) is 31.7 Å². The van der Waals surface area contributed by atoms with Gasteiger partial charge in [0.25, 0.3) is 0 Å². The molecule has 1 aliphatic rings. The van der Waals surface area contributed by atoms with Crippen molar-refractivity contribution in [3.8, 4) is 0 Å². The first kappa shape index (κ1) is 17.1. The van der Waals surface area contributed by atoms with E-state index in [0.717, 1.165) is 16.7 Å². The molecule has 1 saturated heterocycles. The van der Waals surface area contributed by atoms with Crippen LogP contribution in [-0.2, 0) is 20.5 Å². The van der Waals surface area contributed by atoms with Crippen LogP contribution in [0.3, 0.4) is 0 Å². The summed E-state index contributed by atoms with van der Waals surface area (Å²) in [4.78, 5) is 0. The van der Waals surface area contributed by atoms with E-state index in [9.17, 15) is 8.42 Å². The first-order chi connectivity index (χ1) is 11.5. The zero-order valence-corrected chi connectivity index (χ0v) is 14.9. The lowest BCUT2D eigenvalue weighted by Gasteiger charge is -2.37. The molecule has 1 aliphatic heterocycles. The highest BCUT2D eigenvalue weighted by atomic mass is 32.2. The molecule has 0 bridgehead atoms. The van der Waals surface area contributed by atoms with E-state index in [1.54, 1.807) is 4.31 Å². The van der Waals surface area contributed by atoms with Gasteiger partial charge in [0.2, 0.25) is 10.0 Å². The van der Waals surface area contributed by atoms with Crippen molar-refractivity contribution in [3.05, 3.63) is 71.3 Å². The molecule has 1 heterocycles. The Morgan fingerprint density at radius 3 is 2.42 bits per heavy atom. The number of hydrogen-bond donors (Lipinski definition) is 0. The summed E-state index contributed by atoms with van der Waals surface area (Å²) in [5.41, 5.74) is 2.95. The Bertz CT molecular complexity index is 772. The molecule has 2 aromatic rings. The summed E-state index contributed by atoms with van der Waals surface area (Å²) in [5, 5.41) is 0. The van der Waals surface area contributed by atoms with Gasteiger partial charge in [-0.25, -0.2) is 8.42 Å². The summed E-state index contributed by atoms with van der Waals surface area (Å²) in [6.07, 6.45) is -0.213. The summed E-state index contributed by atoms with van der Waals surface area (Å²) in [6, 6.07) is 17.3. The van der Waals surface area contributed by atoms with Crippen LogP contribution >= 0.6 is 0 Å². The molecule has 128 valence electrons. The number of morpholine rings is 1. The van der Waals surface area contributed by atoms with E-state index in [1.807, 2.05) is 68.4 Å². The van der Waals surface area contributed by atoms with Gasteiger partial charge < -0.3 is 4.74 Å². The van der Waals surface area contributed by atoms with E-state index >= 15 is 0 Å². The highest BCUT2D eigenvalue weighted by molar-refractivity contribution is 7.88. The molecule has 0 aromatic heterocycles. The topological polar surface area (TPSA) is 46.6 Å². The van der Waals surface area contributed by atoms with Crippen LogP contribution in [0.4, 0.5) is 0 Å². The molecule has 3 rings (SSSR count). The van der Waals surface area contributed by atoms with Gasteiger partial charge in [0.05, 0.1) is 18.5 Å². The van der Waals surface area contributed by atoms with Gasteiger partial charge in [0, 0.05) is 12.6 Å². The maximum atomic E-state index is 12.9. The van der Waals surface area contributed by atoms with E-state index in [2.05, 4.69) is 0 Å². The second-order valence-corrected chi connectivity index (χ2v) is 8.31. The van der Waals surface area contributed by atoms with Gasteiger partial charge in [0.15, 0.2) is 0 Å². The fourth-order valence-electron chi connectivity index (χ4n) is 2.97.